The number of hydrogen-bond acceptors (Lipinski definition) is 7. The number of halogens is 1. The second kappa shape index (κ2) is 8.27. The summed E-state index contributed by atoms with van der Waals surface area (Å²) in [4.78, 5) is 27.6. The Balaban J connectivity index is 1.48. The molecular formula is C22H24FN7O2. The van der Waals surface area contributed by atoms with Gasteiger partial charge in [-0.1, -0.05) is 0 Å². The summed E-state index contributed by atoms with van der Waals surface area (Å²) in [5.74, 6) is 1.06. The molecular weight excluding hydrogens is 413 g/mol. The van der Waals surface area contributed by atoms with E-state index in [-0.39, 0.29) is 24.4 Å². The van der Waals surface area contributed by atoms with Gasteiger partial charge >= 0.3 is 0 Å². The highest BCUT2D eigenvalue weighted by Gasteiger charge is 2.31. The number of aromatic nitrogens is 5. The number of amides is 1. The number of benzene rings is 1. The minimum atomic E-state index is -0.462. The molecule has 1 fully saturated rings. The van der Waals surface area contributed by atoms with E-state index in [1.807, 2.05) is 6.92 Å². The molecule has 1 aromatic carbocycles. The van der Waals surface area contributed by atoms with Crippen LogP contribution >= 0.6 is 0 Å². The van der Waals surface area contributed by atoms with Gasteiger partial charge in [-0.15, -0.1) is 0 Å². The summed E-state index contributed by atoms with van der Waals surface area (Å²) in [5, 5.41) is 19.3. The largest absolute Gasteiger partial charge is 0.393 e. The van der Waals surface area contributed by atoms with Crippen molar-refractivity contribution in [2.45, 2.75) is 38.7 Å². The highest BCUT2D eigenvalue weighted by Crippen LogP contribution is 2.34. The van der Waals surface area contributed by atoms with Gasteiger partial charge in [0.05, 0.1) is 30.1 Å². The molecule has 0 spiro atoms. The number of rotatable bonds is 4. The number of nitrogens with zero attached hydrogens (tertiary/aromatic N) is 5. The van der Waals surface area contributed by atoms with E-state index in [1.54, 1.807) is 17.2 Å². The Hall–Kier alpha value is -3.40. The first-order valence-electron chi connectivity index (χ1n) is 10.8. The van der Waals surface area contributed by atoms with Crippen molar-refractivity contribution in [3.63, 3.8) is 0 Å². The fraction of sp³-hybridized carbons (Fsp3) is 0.409. The summed E-state index contributed by atoms with van der Waals surface area (Å²) >= 11 is 0. The second-order valence-electron chi connectivity index (χ2n) is 8.43. The van der Waals surface area contributed by atoms with Crippen molar-refractivity contribution in [1.82, 2.24) is 25.1 Å². The van der Waals surface area contributed by atoms with Crippen LogP contribution in [0.5, 0.6) is 0 Å². The van der Waals surface area contributed by atoms with Crippen LogP contribution in [0.4, 0.5) is 16.0 Å². The Morgan fingerprint density at radius 3 is 2.75 bits per heavy atom. The molecule has 2 aliphatic rings. The van der Waals surface area contributed by atoms with Crippen LogP contribution in [0.25, 0.3) is 22.6 Å². The van der Waals surface area contributed by atoms with Crippen molar-refractivity contribution in [2.75, 3.05) is 23.3 Å². The fourth-order valence-electron chi connectivity index (χ4n) is 4.44. The maximum absolute atomic E-state index is 14.9. The lowest BCUT2D eigenvalue weighted by atomic mass is 9.87. The lowest BCUT2D eigenvalue weighted by Crippen LogP contribution is -2.44. The molecule has 1 aliphatic heterocycles. The fourth-order valence-corrected chi connectivity index (χ4v) is 4.44. The monoisotopic (exact) mass is 437 g/mol. The molecule has 3 N–H and O–H groups in total. The van der Waals surface area contributed by atoms with Crippen LogP contribution in [0, 0.1) is 18.7 Å². The van der Waals surface area contributed by atoms with E-state index in [2.05, 4.69) is 25.5 Å². The lowest BCUT2D eigenvalue weighted by molar-refractivity contribution is -0.117. The average Bonchev–Trinajstić information content (AvgIpc) is 3.33. The topological polar surface area (TPSA) is 120 Å². The second-order valence-corrected chi connectivity index (χ2v) is 8.43. The van der Waals surface area contributed by atoms with E-state index in [9.17, 15) is 14.3 Å². The summed E-state index contributed by atoms with van der Waals surface area (Å²) in [6, 6.07) is 3.09. The Bertz CT molecular complexity index is 1140. The van der Waals surface area contributed by atoms with E-state index in [1.165, 1.54) is 12.4 Å². The number of carbonyl (C=O) groups excluding carboxylic acids is 1. The Kier molecular flexibility index (Phi) is 5.30. The van der Waals surface area contributed by atoms with Gasteiger partial charge in [0, 0.05) is 12.1 Å². The van der Waals surface area contributed by atoms with E-state index in [4.69, 9.17) is 4.98 Å². The van der Waals surface area contributed by atoms with Gasteiger partial charge in [-0.05, 0) is 56.2 Å². The molecule has 2 aromatic heterocycles. The molecule has 166 valence electrons. The zero-order valence-corrected chi connectivity index (χ0v) is 17.7. The van der Waals surface area contributed by atoms with Crippen molar-refractivity contribution in [1.29, 1.82) is 0 Å². The normalized spacial score (nSPS) is 20.7. The number of hydrogen-bond donors (Lipinski definition) is 3. The number of nitrogens with one attached hydrogen (secondary N) is 2. The SMILES string of the molecule is Cc1cc(-c2nc[nH]n2)c(F)cc1-c1cnc2c(n1)N(C[C@H]1CC[C@@H](O)CC1)C(=O)CN2. The third kappa shape index (κ3) is 3.81. The number of H-pyrrole nitrogens is 1. The number of aromatic amines is 1. The van der Waals surface area contributed by atoms with Crippen LogP contribution in [-0.2, 0) is 4.79 Å². The summed E-state index contributed by atoms with van der Waals surface area (Å²) in [7, 11) is 0. The number of fused-ring (bicyclic) bond motifs is 1. The molecule has 0 unspecified atom stereocenters. The highest BCUT2D eigenvalue weighted by molar-refractivity contribution is 6.01. The van der Waals surface area contributed by atoms with E-state index in [0.717, 1.165) is 31.2 Å². The standard InChI is InChI=1S/C22H24FN7O2/c1-12-6-16(20-26-11-27-29-20)17(23)7-15(12)18-8-24-21-22(28-18)30(19(32)9-25-21)10-13-2-4-14(31)5-3-13/h6-8,11,13-14,31H,2-5,9-10H2,1H3,(H,24,25)(H,26,27,29)/t13-,14+. The molecule has 3 aromatic rings. The highest BCUT2D eigenvalue weighted by atomic mass is 19.1. The summed E-state index contributed by atoms with van der Waals surface area (Å²) in [6.45, 7) is 2.56. The first-order chi connectivity index (χ1) is 15.5. The van der Waals surface area contributed by atoms with Gasteiger partial charge in [-0.3, -0.25) is 14.8 Å². The van der Waals surface area contributed by atoms with Crippen molar-refractivity contribution < 1.29 is 14.3 Å². The number of carbonyl (C=O) groups is 1. The van der Waals surface area contributed by atoms with Crippen molar-refractivity contribution in [2.24, 2.45) is 5.92 Å². The quantitative estimate of drug-likeness (QED) is 0.574. The van der Waals surface area contributed by atoms with Gasteiger partial charge in [0.1, 0.15) is 12.1 Å². The van der Waals surface area contributed by atoms with Crippen LogP contribution in [0.15, 0.2) is 24.7 Å². The minimum absolute atomic E-state index is 0.0714. The third-order valence-corrected chi connectivity index (χ3v) is 6.22. The van der Waals surface area contributed by atoms with Crippen LogP contribution in [-0.4, -0.2) is 55.4 Å². The number of aliphatic hydroxyl groups excluding tert-OH is 1. The molecule has 0 atom stereocenters. The van der Waals surface area contributed by atoms with E-state index in [0.29, 0.717) is 40.9 Å². The van der Waals surface area contributed by atoms with Crippen LogP contribution in [0.2, 0.25) is 0 Å². The van der Waals surface area contributed by atoms with E-state index >= 15 is 0 Å². The maximum atomic E-state index is 14.9. The molecule has 0 radical (unpaired) electrons. The predicted molar refractivity (Wildman–Crippen MR) is 116 cm³/mol. The first-order valence-corrected chi connectivity index (χ1v) is 10.8. The minimum Gasteiger partial charge on any atom is -0.393 e. The van der Waals surface area contributed by atoms with Crippen molar-refractivity contribution >= 4 is 17.5 Å². The number of aliphatic hydroxyl groups is 1. The molecule has 3 heterocycles. The molecule has 1 saturated carbocycles. The van der Waals surface area contributed by atoms with Crippen molar-refractivity contribution in [3.05, 3.63) is 36.0 Å². The van der Waals surface area contributed by atoms with Gasteiger partial charge in [0.15, 0.2) is 17.5 Å². The van der Waals surface area contributed by atoms with Gasteiger partial charge < -0.3 is 10.4 Å². The third-order valence-electron chi connectivity index (χ3n) is 6.22. The maximum Gasteiger partial charge on any atom is 0.247 e. The van der Waals surface area contributed by atoms with Gasteiger partial charge in [0.25, 0.3) is 0 Å². The Labute approximate surface area is 184 Å². The predicted octanol–water partition coefficient (Wildman–Crippen LogP) is 2.69. The van der Waals surface area contributed by atoms with Crippen LogP contribution < -0.4 is 10.2 Å². The van der Waals surface area contributed by atoms with Gasteiger partial charge in [-0.2, -0.15) is 5.10 Å². The average molecular weight is 437 g/mol. The lowest BCUT2D eigenvalue weighted by Gasteiger charge is -2.33. The molecule has 1 amide bonds. The number of aryl methyl sites for hydroxylation is 1. The van der Waals surface area contributed by atoms with Crippen LogP contribution in [0.3, 0.4) is 0 Å². The molecule has 0 saturated heterocycles. The number of anilines is 2. The molecule has 5 rings (SSSR count). The zero-order valence-electron chi connectivity index (χ0n) is 17.7. The summed E-state index contributed by atoms with van der Waals surface area (Å²) in [6.07, 6.45) is 5.98. The molecule has 0 bridgehead atoms. The molecule has 32 heavy (non-hydrogen) atoms. The molecule has 1 aliphatic carbocycles. The van der Waals surface area contributed by atoms with E-state index < -0.39 is 5.82 Å². The van der Waals surface area contributed by atoms with Crippen molar-refractivity contribution in [3.8, 4) is 22.6 Å². The van der Waals surface area contributed by atoms with Crippen LogP contribution in [0.1, 0.15) is 31.2 Å². The summed E-state index contributed by atoms with van der Waals surface area (Å²) in [5.41, 5.74) is 2.18. The Morgan fingerprint density at radius 1 is 1.19 bits per heavy atom. The van der Waals surface area contributed by atoms with Gasteiger partial charge in [-0.25, -0.2) is 19.3 Å². The molecule has 9 nitrogen and oxygen atoms in total. The van der Waals surface area contributed by atoms with Gasteiger partial charge in [0.2, 0.25) is 5.91 Å². The molecule has 10 heteroatoms. The first kappa shape index (κ1) is 20.5. The summed E-state index contributed by atoms with van der Waals surface area (Å²) < 4.78 is 14.9. The zero-order chi connectivity index (χ0) is 22.2. The smallest absolute Gasteiger partial charge is 0.247 e. The Morgan fingerprint density at radius 2 is 2.00 bits per heavy atom.